The Hall–Kier alpha value is -2.62. The smallest absolute Gasteiger partial charge is 0.242 e. The van der Waals surface area contributed by atoms with Crippen molar-refractivity contribution in [1.82, 2.24) is 10.2 Å². The van der Waals surface area contributed by atoms with E-state index >= 15 is 0 Å². The minimum Gasteiger partial charge on any atom is -0.354 e. The fourth-order valence-electron chi connectivity index (χ4n) is 3.37. The topological polar surface area (TPSA) is 49.4 Å². The van der Waals surface area contributed by atoms with E-state index in [1.807, 2.05) is 57.2 Å². The molecule has 156 valence electrons. The summed E-state index contributed by atoms with van der Waals surface area (Å²) in [6, 6.07) is 13.8. The lowest BCUT2D eigenvalue weighted by atomic mass is 10.0. The summed E-state index contributed by atoms with van der Waals surface area (Å²) in [5, 5.41) is 2.96. The van der Waals surface area contributed by atoms with Crippen molar-refractivity contribution in [2.24, 2.45) is 0 Å². The molecule has 0 aliphatic carbocycles. The molecule has 0 saturated carbocycles. The van der Waals surface area contributed by atoms with Crippen molar-refractivity contribution in [2.75, 3.05) is 6.54 Å². The maximum absolute atomic E-state index is 13.3. The summed E-state index contributed by atoms with van der Waals surface area (Å²) in [7, 11) is 0. The van der Waals surface area contributed by atoms with E-state index in [4.69, 9.17) is 0 Å². The summed E-state index contributed by atoms with van der Waals surface area (Å²) < 4.78 is 0. The van der Waals surface area contributed by atoms with Gasteiger partial charge in [0, 0.05) is 13.1 Å². The minimum atomic E-state index is -0.470. The van der Waals surface area contributed by atoms with Crippen LogP contribution in [0.1, 0.15) is 54.5 Å². The van der Waals surface area contributed by atoms with E-state index in [-0.39, 0.29) is 11.8 Å². The number of hydrogen-bond acceptors (Lipinski definition) is 2. The zero-order valence-electron chi connectivity index (χ0n) is 18.4. The first kappa shape index (κ1) is 22.7. The Morgan fingerprint density at radius 1 is 0.931 bits per heavy atom. The molecule has 0 aliphatic heterocycles. The van der Waals surface area contributed by atoms with Gasteiger partial charge in [-0.25, -0.2) is 0 Å². The summed E-state index contributed by atoms with van der Waals surface area (Å²) in [5.41, 5.74) is 5.58. The Morgan fingerprint density at radius 3 is 2.17 bits per heavy atom. The first-order valence-corrected chi connectivity index (χ1v) is 10.5. The zero-order chi connectivity index (χ0) is 21.4. The van der Waals surface area contributed by atoms with Gasteiger partial charge in [0.15, 0.2) is 0 Å². The van der Waals surface area contributed by atoms with Crippen LogP contribution in [0.4, 0.5) is 0 Å². The van der Waals surface area contributed by atoms with Crippen LogP contribution in [-0.2, 0) is 22.6 Å². The second kappa shape index (κ2) is 10.8. The van der Waals surface area contributed by atoms with Crippen LogP contribution in [0.3, 0.4) is 0 Å². The van der Waals surface area contributed by atoms with Gasteiger partial charge in [0.1, 0.15) is 6.04 Å². The number of nitrogens with one attached hydrogen (secondary N) is 1. The predicted octanol–water partition coefficient (Wildman–Crippen LogP) is 4.49. The van der Waals surface area contributed by atoms with Crippen molar-refractivity contribution in [2.45, 2.75) is 66.5 Å². The number of carbonyl (C=O) groups excluding carboxylic acids is 2. The lowest BCUT2D eigenvalue weighted by molar-refractivity contribution is -0.140. The average Bonchev–Trinajstić information content (AvgIpc) is 2.70. The van der Waals surface area contributed by atoms with E-state index in [1.165, 1.54) is 16.7 Å². The van der Waals surface area contributed by atoms with Gasteiger partial charge in [-0.2, -0.15) is 0 Å². The van der Waals surface area contributed by atoms with E-state index in [0.29, 0.717) is 25.9 Å². The molecule has 1 atom stereocenters. The van der Waals surface area contributed by atoms with E-state index in [2.05, 4.69) is 25.2 Å². The first-order chi connectivity index (χ1) is 13.8. The Bertz CT molecular complexity index is 827. The van der Waals surface area contributed by atoms with Gasteiger partial charge in [-0.05, 0) is 55.9 Å². The van der Waals surface area contributed by atoms with Crippen LogP contribution >= 0.6 is 0 Å². The van der Waals surface area contributed by atoms with Crippen LogP contribution < -0.4 is 5.32 Å². The van der Waals surface area contributed by atoms with E-state index < -0.39 is 6.04 Å². The molecule has 0 aromatic heterocycles. The van der Waals surface area contributed by atoms with Crippen LogP contribution in [0.15, 0.2) is 42.5 Å². The Balaban J connectivity index is 2.27. The third-order valence-corrected chi connectivity index (χ3v) is 5.34. The summed E-state index contributed by atoms with van der Waals surface area (Å²) >= 11 is 0. The average molecular weight is 395 g/mol. The van der Waals surface area contributed by atoms with Gasteiger partial charge in [0.25, 0.3) is 0 Å². The number of rotatable bonds is 9. The predicted molar refractivity (Wildman–Crippen MR) is 119 cm³/mol. The second-order valence-electron chi connectivity index (χ2n) is 7.82. The second-order valence-corrected chi connectivity index (χ2v) is 7.82. The summed E-state index contributed by atoms with van der Waals surface area (Å²) in [6.45, 7) is 11.2. The van der Waals surface area contributed by atoms with Gasteiger partial charge >= 0.3 is 0 Å². The van der Waals surface area contributed by atoms with Crippen molar-refractivity contribution in [3.05, 3.63) is 70.3 Å². The molecule has 0 bridgehead atoms. The highest BCUT2D eigenvalue weighted by atomic mass is 16.2. The fraction of sp³-hybridized carbons (Fsp3) is 0.440. The lowest BCUT2D eigenvalue weighted by Gasteiger charge is -2.31. The molecular weight excluding hydrogens is 360 g/mol. The monoisotopic (exact) mass is 394 g/mol. The Morgan fingerprint density at radius 2 is 1.59 bits per heavy atom. The van der Waals surface area contributed by atoms with Crippen molar-refractivity contribution < 1.29 is 9.59 Å². The van der Waals surface area contributed by atoms with Crippen LogP contribution in [0.25, 0.3) is 0 Å². The van der Waals surface area contributed by atoms with Gasteiger partial charge in [0.2, 0.25) is 11.8 Å². The van der Waals surface area contributed by atoms with Gasteiger partial charge in [0.05, 0.1) is 6.42 Å². The molecule has 0 aliphatic rings. The SMILES string of the molecule is CCCNC(=O)[C@@H](CC)N(Cc1ccc(C)cc1)C(=O)Cc1ccc(C)c(C)c1. The van der Waals surface area contributed by atoms with E-state index in [0.717, 1.165) is 17.5 Å². The number of benzene rings is 2. The molecule has 1 N–H and O–H groups in total. The number of carbonyl (C=O) groups is 2. The molecule has 2 rings (SSSR count). The molecule has 0 saturated heterocycles. The quantitative estimate of drug-likeness (QED) is 0.681. The van der Waals surface area contributed by atoms with E-state index in [1.54, 1.807) is 4.90 Å². The highest BCUT2D eigenvalue weighted by Crippen LogP contribution is 2.17. The fourth-order valence-corrected chi connectivity index (χ4v) is 3.37. The van der Waals surface area contributed by atoms with Crippen molar-refractivity contribution in [3.63, 3.8) is 0 Å². The molecule has 0 unspecified atom stereocenters. The van der Waals surface area contributed by atoms with Crippen LogP contribution in [0.5, 0.6) is 0 Å². The third-order valence-electron chi connectivity index (χ3n) is 5.34. The van der Waals surface area contributed by atoms with E-state index in [9.17, 15) is 9.59 Å². The zero-order valence-corrected chi connectivity index (χ0v) is 18.4. The lowest BCUT2D eigenvalue weighted by Crippen LogP contribution is -2.49. The molecule has 4 nitrogen and oxygen atoms in total. The number of aryl methyl sites for hydroxylation is 3. The standard InChI is InChI=1S/C25H34N2O2/c1-6-14-26-25(29)23(7-2)27(17-21-11-8-18(3)9-12-21)24(28)16-22-13-10-19(4)20(5)15-22/h8-13,15,23H,6-7,14,16-17H2,1-5H3,(H,26,29)/t23-/m1/s1. The van der Waals surface area contributed by atoms with Crippen LogP contribution in [0.2, 0.25) is 0 Å². The largest absolute Gasteiger partial charge is 0.354 e. The highest BCUT2D eigenvalue weighted by Gasteiger charge is 2.28. The Kier molecular flexibility index (Phi) is 8.44. The molecule has 0 fully saturated rings. The molecule has 0 heterocycles. The maximum Gasteiger partial charge on any atom is 0.242 e. The summed E-state index contributed by atoms with van der Waals surface area (Å²) in [4.78, 5) is 27.8. The first-order valence-electron chi connectivity index (χ1n) is 10.5. The molecule has 2 aromatic carbocycles. The normalized spacial score (nSPS) is 11.8. The molecule has 4 heteroatoms. The molecule has 29 heavy (non-hydrogen) atoms. The molecule has 0 spiro atoms. The number of amides is 2. The van der Waals surface area contributed by atoms with Crippen LogP contribution in [-0.4, -0.2) is 29.3 Å². The number of hydrogen-bond donors (Lipinski definition) is 1. The highest BCUT2D eigenvalue weighted by molar-refractivity contribution is 5.88. The number of nitrogens with zero attached hydrogens (tertiary/aromatic N) is 1. The maximum atomic E-state index is 13.3. The summed E-state index contributed by atoms with van der Waals surface area (Å²) in [5.74, 6) is -0.0952. The van der Waals surface area contributed by atoms with Crippen molar-refractivity contribution >= 4 is 11.8 Å². The third kappa shape index (κ3) is 6.45. The molecule has 2 aromatic rings. The van der Waals surface area contributed by atoms with Crippen LogP contribution in [0, 0.1) is 20.8 Å². The molecule has 2 amide bonds. The van der Waals surface area contributed by atoms with Gasteiger partial charge < -0.3 is 10.2 Å². The van der Waals surface area contributed by atoms with Gasteiger partial charge in [-0.3, -0.25) is 9.59 Å². The molecular formula is C25H34N2O2. The van der Waals surface area contributed by atoms with Crippen molar-refractivity contribution in [1.29, 1.82) is 0 Å². The molecule has 0 radical (unpaired) electrons. The van der Waals surface area contributed by atoms with Crippen molar-refractivity contribution in [3.8, 4) is 0 Å². The van der Waals surface area contributed by atoms with Gasteiger partial charge in [-0.1, -0.05) is 61.9 Å². The minimum absolute atomic E-state index is 0.0210. The van der Waals surface area contributed by atoms with Gasteiger partial charge in [-0.15, -0.1) is 0 Å². The Labute approximate surface area is 175 Å². The summed E-state index contributed by atoms with van der Waals surface area (Å²) in [6.07, 6.45) is 1.75.